The number of ether oxygens (including phenoxy) is 6. The molecule has 0 saturated carbocycles. The SMILES string of the molecule is CCCCCCOC(=O)CCC1CCN(C2CCN(C)CC2)CC1.CCCCOC(=O)CCC1CCN(C2CCN(C)CC2)CC1.CCOC(=O)OCOC(=O)CCC1CCN(C2CCN(C)CC2)CC1.CN1CCC(N2CCC(CCC(=O)OCC(=O)N(C)C)CC2)CC1.CN1CCN(C2CCSCC2)CC1. The minimum absolute atomic E-state index is 0.00574. The van der Waals surface area contributed by atoms with Crippen molar-refractivity contribution in [3.8, 4) is 0 Å². The molecule has 0 spiro atoms. The van der Waals surface area contributed by atoms with E-state index in [2.05, 4.69) is 119 Å². The lowest BCUT2D eigenvalue weighted by Gasteiger charge is -2.41. The number of rotatable bonds is 30. The summed E-state index contributed by atoms with van der Waals surface area (Å²) in [4.78, 5) is 96.3. The molecule has 626 valence electrons. The minimum Gasteiger partial charge on any atom is -0.466 e. The molecule has 10 fully saturated rings. The number of piperidine rings is 8. The maximum absolute atomic E-state index is 11.8. The third-order valence-electron chi connectivity index (χ3n) is 25.2. The first-order chi connectivity index (χ1) is 52.3. The van der Waals surface area contributed by atoms with Crippen molar-refractivity contribution in [3.05, 3.63) is 0 Å². The van der Waals surface area contributed by atoms with Crippen LogP contribution in [0, 0.1) is 23.7 Å². The topological polar surface area (TPSA) is 193 Å². The molecule has 108 heavy (non-hydrogen) atoms. The summed E-state index contributed by atoms with van der Waals surface area (Å²) in [5.41, 5.74) is 0. The third kappa shape index (κ3) is 39.1. The second-order valence-corrected chi connectivity index (χ2v) is 34.9. The van der Waals surface area contributed by atoms with Crippen LogP contribution in [0.2, 0.25) is 0 Å². The van der Waals surface area contributed by atoms with E-state index in [0.717, 1.165) is 126 Å². The Bertz CT molecular complexity index is 2390. The average molecular weight is 1550 g/mol. The van der Waals surface area contributed by atoms with Gasteiger partial charge in [0.25, 0.3) is 5.91 Å². The zero-order valence-electron chi connectivity index (χ0n) is 70.1. The van der Waals surface area contributed by atoms with Crippen LogP contribution in [-0.4, -0.2) is 345 Å². The summed E-state index contributed by atoms with van der Waals surface area (Å²) in [6.45, 7) is 31.4. The second kappa shape index (κ2) is 55.1. The number of likely N-dealkylation sites (tertiary alicyclic amines) is 8. The molecule has 10 heterocycles. The number of esters is 4. The zero-order valence-corrected chi connectivity index (χ0v) is 71.0. The van der Waals surface area contributed by atoms with Crippen molar-refractivity contribution in [1.29, 1.82) is 0 Å². The first-order valence-electron chi connectivity index (χ1n) is 43.6. The molecule has 0 radical (unpaired) electrons. The normalized spacial score (nSPS) is 22.7. The van der Waals surface area contributed by atoms with Crippen molar-refractivity contribution >= 4 is 47.7 Å². The molecule has 10 saturated heterocycles. The van der Waals surface area contributed by atoms with Crippen LogP contribution in [0.1, 0.15) is 226 Å². The van der Waals surface area contributed by atoms with Crippen LogP contribution in [0.25, 0.3) is 0 Å². The van der Waals surface area contributed by atoms with Crippen LogP contribution >= 0.6 is 11.8 Å². The number of piperazine rings is 1. The van der Waals surface area contributed by atoms with Crippen LogP contribution in [-0.2, 0) is 52.4 Å². The summed E-state index contributed by atoms with van der Waals surface area (Å²) in [5, 5.41) is 0. The van der Waals surface area contributed by atoms with E-state index < -0.39 is 6.16 Å². The van der Waals surface area contributed by atoms with Gasteiger partial charge in [-0.2, -0.15) is 11.8 Å². The smallest absolute Gasteiger partial charge is 0.466 e. The quantitative estimate of drug-likeness (QED) is 0.0285. The monoisotopic (exact) mass is 1540 g/mol. The first-order valence-corrected chi connectivity index (χ1v) is 44.8. The summed E-state index contributed by atoms with van der Waals surface area (Å²) >= 11 is 2.13. The maximum Gasteiger partial charge on any atom is 0.511 e. The standard InChI is InChI=1S/C20H38N2O2.C18H33N3O3.C18H32N2O5.C18H34N2O2.C10H20N2S/c1-3-4-5-6-17-24-20(23)8-7-18-9-15-22(16-10-18)19-11-13-21(2)14-12-19;1-19(2)17(22)14-24-18(23)5-4-15-6-12-21(13-7-15)16-8-10-20(3)11-9-16;1-3-23-18(22)25-14-24-17(21)5-4-15-6-12-20(13-7-15)16-8-10-19(2)11-9-16;1-3-4-15-22-18(21)6-5-16-7-13-20(14-8-16)17-9-11-19(2)12-10-17;1-11-4-6-12(7-5-11)10-2-8-13-9-3-10/h18-19H,3-17H2,1-2H3;15-16H,4-14H2,1-3H3;15-16H,3-14H2,1-2H3;16-17H,3-15H2,1-2H3;10H,2-9H2,1H3. The van der Waals surface area contributed by atoms with Gasteiger partial charge in [-0.15, -0.1) is 0 Å². The molecule has 0 aliphatic carbocycles. The maximum atomic E-state index is 11.8. The van der Waals surface area contributed by atoms with Gasteiger partial charge < -0.3 is 77.4 Å². The molecule has 0 aromatic rings. The van der Waals surface area contributed by atoms with Gasteiger partial charge >= 0.3 is 30.0 Å². The predicted molar refractivity (Wildman–Crippen MR) is 435 cm³/mol. The van der Waals surface area contributed by atoms with Gasteiger partial charge in [0.05, 0.1) is 19.8 Å². The Morgan fingerprint density at radius 3 is 0.963 bits per heavy atom. The van der Waals surface area contributed by atoms with E-state index in [1.54, 1.807) is 21.0 Å². The Kier molecular flexibility index (Phi) is 47.7. The van der Waals surface area contributed by atoms with Crippen molar-refractivity contribution in [2.75, 3.05) is 225 Å². The Morgan fingerprint density at radius 1 is 0.324 bits per heavy atom. The number of thioether (sulfide) groups is 1. The molecule has 23 nitrogen and oxygen atoms in total. The van der Waals surface area contributed by atoms with E-state index in [0.29, 0.717) is 50.7 Å². The summed E-state index contributed by atoms with van der Waals surface area (Å²) in [5.74, 6) is 4.70. The highest BCUT2D eigenvalue weighted by atomic mass is 32.2. The summed E-state index contributed by atoms with van der Waals surface area (Å²) in [7, 11) is 14.4. The highest BCUT2D eigenvalue weighted by molar-refractivity contribution is 7.99. The molecule has 0 aromatic carbocycles. The highest BCUT2D eigenvalue weighted by Gasteiger charge is 2.33. The minimum atomic E-state index is -0.809. The molecule has 0 bridgehead atoms. The Balaban J connectivity index is 0.000000214. The zero-order chi connectivity index (χ0) is 77.7. The third-order valence-corrected chi connectivity index (χ3v) is 26.3. The molecule has 24 heteroatoms. The molecule has 0 unspecified atom stereocenters. The van der Waals surface area contributed by atoms with Gasteiger partial charge in [-0.3, -0.25) is 28.9 Å². The second-order valence-electron chi connectivity index (χ2n) is 33.7. The largest absolute Gasteiger partial charge is 0.511 e. The number of hydrogen-bond acceptors (Lipinski definition) is 23. The molecule has 10 aliphatic heterocycles. The highest BCUT2D eigenvalue weighted by Crippen LogP contribution is 2.31. The van der Waals surface area contributed by atoms with E-state index in [1.807, 2.05) is 0 Å². The lowest BCUT2D eigenvalue weighted by Crippen LogP contribution is -2.49. The molecular formula is C84H157N11O12S. The molecule has 10 aliphatic rings. The van der Waals surface area contributed by atoms with E-state index >= 15 is 0 Å². The van der Waals surface area contributed by atoms with Crippen molar-refractivity contribution in [3.63, 3.8) is 0 Å². The van der Waals surface area contributed by atoms with Gasteiger partial charge in [0.1, 0.15) is 0 Å². The van der Waals surface area contributed by atoms with Crippen molar-refractivity contribution in [1.82, 2.24) is 53.9 Å². The van der Waals surface area contributed by atoms with Gasteiger partial charge in [-0.1, -0.05) is 39.5 Å². The number of hydrogen-bond donors (Lipinski definition) is 0. The molecule has 0 atom stereocenters. The van der Waals surface area contributed by atoms with Crippen LogP contribution in [0.5, 0.6) is 0 Å². The lowest BCUT2D eigenvalue weighted by molar-refractivity contribution is -0.154. The average Bonchev–Trinajstić information content (AvgIpc) is 0.873. The van der Waals surface area contributed by atoms with Gasteiger partial charge in [0.15, 0.2) is 6.61 Å². The first kappa shape index (κ1) is 93.4. The number of likely N-dealkylation sites (N-methyl/N-ethyl adjacent to an activating group) is 2. The predicted octanol–water partition coefficient (Wildman–Crippen LogP) is 11.2. The number of amides is 1. The van der Waals surface area contributed by atoms with E-state index in [-0.39, 0.29) is 49.8 Å². The number of unbranched alkanes of at least 4 members (excludes halogenated alkanes) is 4. The van der Waals surface area contributed by atoms with Crippen LogP contribution in [0.15, 0.2) is 0 Å². The van der Waals surface area contributed by atoms with Gasteiger partial charge in [-0.25, -0.2) is 4.79 Å². The Morgan fingerprint density at radius 2 is 0.630 bits per heavy atom. The number of nitrogens with zero attached hydrogens (tertiary/aromatic N) is 11. The van der Waals surface area contributed by atoms with Gasteiger partial charge in [-0.05, 0) is 336 Å². The number of carbonyl (C=O) groups is 6. The van der Waals surface area contributed by atoms with Gasteiger partial charge in [0, 0.05) is 96.2 Å². The molecule has 0 aromatic heterocycles. The Hall–Kier alpha value is -3.43. The van der Waals surface area contributed by atoms with Crippen molar-refractivity contribution < 1.29 is 57.2 Å². The lowest BCUT2D eigenvalue weighted by atomic mass is 9.90. The van der Waals surface area contributed by atoms with Gasteiger partial charge in [0.2, 0.25) is 6.79 Å². The van der Waals surface area contributed by atoms with E-state index in [9.17, 15) is 28.8 Å². The van der Waals surface area contributed by atoms with Crippen molar-refractivity contribution in [2.45, 2.75) is 256 Å². The fourth-order valence-electron chi connectivity index (χ4n) is 17.3. The Labute approximate surface area is 660 Å². The van der Waals surface area contributed by atoms with Crippen LogP contribution in [0.4, 0.5) is 4.79 Å². The molecule has 0 N–H and O–H groups in total. The molecule has 10 rings (SSSR count). The summed E-state index contributed by atoms with van der Waals surface area (Å²) < 4.78 is 29.7. The van der Waals surface area contributed by atoms with Crippen LogP contribution in [0.3, 0.4) is 0 Å². The summed E-state index contributed by atoms with van der Waals surface area (Å²) in [6.07, 6.45) is 34.7. The molecule has 1 amide bonds. The van der Waals surface area contributed by atoms with Crippen molar-refractivity contribution in [2.24, 2.45) is 23.7 Å². The van der Waals surface area contributed by atoms with E-state index in [4.69, 9.17) is 18.9 Å². The fraction of sp³-hybridized carbons (Fsp3) is 0.929. The van der Waals surface area contributed by atoms with Crippen LogP contribution < -0.4 is 0 Å². The fourth-order valence-corrected chi connectivity index (χ4v) is 18.4. The van der Waals surface area contributed by atoms with E-state index in [1.165, 1.54) is 243 Å². The molecular weight excluding hydrogens is 1390 g/mol. The number of carbonyl (C=O) groups excluding carboxylic acids is 6. The summed E-state index contributed by atoms with van der Waals surface area (Å²) in [6, 6.07) is 4.01.